The molecular weight excluding hydrogens is 415 g/mol. The highest BCUT2D eigenvalue weighted by Crippen LogP contribution is 2.31. The number of aliphatic hydroxyl groups is 1. The van der Waals surface area contributed by atoms with Crippen LogP contribution in [0.2, 0.25) is 0 Å². The number of anilines is 1. The molecule has 0 aliphatic carbocycles. The molecule has 0 radical (unpaired) electrons. The standard InChI is InChI=1S/C23H23FN4O4/c1-14-22(21(31)12-30)28(13-27(14)8-9-29)20-11-15(6-7-18(20)24)10-19-16-4-2-3-5-17(16)23(32)26-25-19/h2-7,11-12,14,22,29H,8-10,13H2,1H3,(H,26,32). The number of nitrogens with zero attached hydrogens (tertiary/aromatic N) is 3. The van der Waals surface area contributed by atoms with Crippen molar-refractivity contribution in [3.8, 4) is 0 Å². The second kappa shape index (κ2) is 8.97. The van der Waals surface area contributed by atoms with Gasteiger partial charge in [-0.3, -0.25) is 19.3 Å². The summed E-state index contributed by atoms with van der Waals surface area (Å²) >= 11 is 0. The molecule has 1 fully saturated rings. The number of halogens is 1. The first-order chi connectivity index (χ1) is 15.4. The van der Waals surface area contributed by atoms with E-state index in [0.29, 0.717) is 29.4 Å². The maximum Gasteiger partial charge on any atom is 0.272 e. The van der Waals surface area contributed by atoms with Crippen LogP contribution in [0.5, 0.6) is 0 Å². The molecule has 1 aliphatic heterocycles. The van der Waals surface area contributed by atoms with E-state index in [9.17, 15) is 23.9 Å². The fourth-order valence-electron chi connectivity index (χ4n) is 4.35. The van der Waals surface area contributed by atoms with E-state index in [4.69, 9.17) is 0 Å². The van der Waals surface area contributed by atoms with Gasteiger partial charge in [-0.25, -0.2) is 9.49 Å². The van der Waals surface area contributed by atoms with Crippen LogP contribution in [-0.4, -0.2) is 64.2 Å². The van der Waals surface area contributed by atoms with E-state index in [2.05, 4.69) is 10.2 Å². The first kappa shape index (κ1) is 21.8. The molecule has 0 bridgehead atoms. The molecule has 9 heteroatoms. The average Bonchev–Trinajstić information content (AvgIpc) is 3.12. The zero-order valence-electron chi connectivity index (χ0n) is 17.5. The van der Waals surface area contributed by atoms with Gasteiger partial charge in [-0.1, -0.05) is 24.3 Å². The first-order valence-electron chi connectivity index (χ1n) is 10.3. The van der Waals surface area contributed by atoms with Crippen molar-refractivity contribution in [1.29, 1.82) is 0 Å². The van der Waals surface area contributed by atoms with E-state index in [1.54, 1.807) is 36.1 Å². The number of aliphatic hydroxyl groups excluding tert-OH is 1. The number of nitrogens with one attached hydrogen (secondary N) is 1. The Bertz CT molecular complexity index is 1230. The zero-order valence-corrected chi connectivity index (χ0v) is 17.5. The maximum atomic E-state index is 14.9. The maximum absolute atomic E-state index is 14.9. The Kier molecular flexibility index (Phi) is 6.11. The number of hydrogen-bond acceptors (Lipinski definition) is 7. The van der Waals surface area contributed by atoms with Crippen LogP contribution in [0.15, 0.2) is 47.3 Å². The van der Waals surface area contributed by atoms with Crippen LogP contribution in [0.1, 0.15) is 18.2 Å². The number of Topliss-reactive ketones (excluding diaryl/α,β-unsaturated/α-hetero) is 1. The number of aromatic nitrogens is 2. The predicted octanol–water partition coefficient (Wildman–Crippen LogP) is 1.25. The number of β-amino-alcohol motifs (C(OH)–C–C–N with tert-alkyl or cyclic N) is 1. The molecule has 0 saturated carbocycles. The summed E-state index contributed by atoms with van der Waals surface area (Å²) in [5, 5.41) is 17.2. The lowest BCUT2D eigenvalue weighted by Crippen LogP contribution is -2.43. The lowest BCUT2D eigenvalue weighted by Gasteiger charge is -2.25. The lowest BCUT2D eigenvalue weighted by molar-refractivity contribution is -0.131. The van der Waals surface area contributed by atoms with Crippen LogP contribution in [-0.2, 0) is 16.0 Å². The summed E-state index contributed by atoms with van der Waals surface area (Å²) in [6.07, 6.45) is 0.593. The number of hydrogen-bond donors (Lipinski definition) is 2. The molecule has 2 unspecified atom stereocenters. The molecule has 3 aromatic rings. The minimum Gasteiger partial charge on any atom is -0.395 e. The number of carbonyl (C=O) groups is 2. The van der Waals surface area contributed by atoms with Crippen molar-refractivity contribution in [3.05, 3.63) is 69.9 Å². The average molecular weight is 438 g/mol. The summed E-state index contributed by atoms with van der Waals surface area (Å²) in [6.45, 7) is 2.16. The van der Waals surface area contributed by atoms with Crippen molar-refractivity contribution < 1.29 is 19.1 Å². The largest absolute Gasteiger partial charge is 0.395 e. The molecular formula is C23H23FN4O4. The molecule has 1 aliphatic rings. The van der Waals surface area contributed by atoms with Gasteiger partial charge in [0.1, 0.15) is 11.9 Å². The summed E-state index contributed by atoms with van der Waals surface area (Å²) < 4.78 is 14.9. The minimum absolute atomic E-state index is 0.117. The fraction of sp³-hybridized carbons (Fsp3) is 0.304. The van der Waals surface area contributed by atoms with Crippen molar-refractivity contribution in [2.75, 3.05) is 24.7 Å². The Morgan fingerprint density at radius 3 is 2.75 bits per heavy atom. The van der Waals surface area contributed by atoms with Crippen LogP contribution in [0, 0.1) is 5.82 Å². The second-order valence-electron chi connectivity index (χ2n) is 7.86. The third kappa shape index (κ3) is 3.92. The third-order valence-electron chi connectivity index (χ3n) is 5.96. The smallest absolute Gasteiger partial charge is 0.272 e. The highest BCUT2D eigenvalue weighted by Gasteiger charge is 2.42. The Balaban J connectivity index is 1.72. The number of carbonyl (C=O) groups excluding carboxylic acids is 2. The molecule has 4 rings (SSSR count). The summed E-state index contributed by atoms with van der Waals surface area (Å²) in [6, 6.07) is 10.5. The van der Waals surface area contributed by atoms with Gasteiger partial charge in [-0.15, -0.1) is 0 Å². The van der Waals surface area contributed by atoms with Crippen molar-refractivity contribution in [1.82, 2.24) is 15.1 Å². The molecule has 1 saturated heterocycles. The van der Waals surface area contributed by atoms with Gasteiger partial charge in [0.2, 0.25) is 5.78 Å². The molecule has 2 aromatic carbocycles. The Hall–Kier alpha value is -3.43. The minimum atomic E-state index is -0.851. The molecule has 32 heavy (non-hydrogen) atoms. The normalized spacial score (nSPS) is 18.9. The van der Waals surface area contributed by atoms with E-state index in [1.807, 2.05) is 17.0 Å². The monoisotopic (exact) mass is 438 g/mol. The van der Waals surface area contributed by atoms with E-state index in [0.717, 1.165) is 5.56 Å². The first-order valence-corrected chi connectivity index (χ1v) is 10.3. The van der Waals surface area contributed by atoms with E-state index in [-0.39, 0.29) is 36.9 Å². The van der Waals surface area contributed by atoms with Crippen molar-refractivity contribution in [2.45, 2.75) is 25.4 Å². The van der Waals surface area contributed by atoms with Gasteiger partial charge in [-0.2, -0.15) is 5.10 Å². The van der Waals surface area contributed by atoms with E-state index < -0.39 is 17.6 Å². The van der Waals surface area contributed by atoms with Crippen LogP contribution in [0.3, 0.4) is 0 Å². The van der Waals surface area contributed by atoms with Gasteiger partial charge in [0.05, 0.1) is 30.0 Å². The Morgan fingerprint density at radius 2 is 2.03 bits per heavy atom. The van der Waals surface area contributed by atoms with Gasteiger partial charge in [-0.05, 0) is 30.7 Å². The van der Waals surface area contributed by atoms with Gasteiger partial charge < -0.3 is 10.0 Å². The summed E-state index contributed by atoms with van der Waals surface area (Å²) in [5.41, 5.74) is 1.28. The molecule has 166 valence electrons. The number of ketones is 1. The van der Waals surface area contributed by atoms with Crippen molar-refractivity contribution >= 4 is 28.5 Å². The molecule has 2 heterocycles. The predicted molar refractivity (Wildman–Crippen MR) is 117 cm³/mol. The van der Waals surface area contributed by atoms with Crippen LogP contribution < -0.4 is 10.5 Å². The number of aldehydes is 1. The van der Waals surface area contributed by atoms with Crippen LogP contribution >= 0.6 is 0 Å². The van der Waals surface area contributed by atoms with Gasteiger partial charge >= 0.3 is 0 Å². The lowest BCUT2D eigenvalue weighted by atomic mass is 10.0. The third-order valence-corrected chi connectivity index (χ3v) is 5.96. The fourth-order valence-corrected chi connectivity index (χ4v) is 4.35. The highest BCUT2D eigenvalue weighted by atomic mass is 19.1. The van der Waals surface area contributed by atoms with Crippen LogP contribution in [0.4, 0.5) is 10.1 Å². The topological polar surface area (TPSA) is 107 Å². The SMILES string of the molecule is CC1C(C(=O)C=O)N(c2cc(Cc3n[nH]c(=O)c4ccccc34)ccc2F)CN1CCO. The Labute approximate surface area is 183 Å². The van der Waals surface area contributed by atoms with Gasteiger partial charge in [0.15, 0.2) is 6.29 Å². The van der Waals surface area contributed by atoms with Gasteiger partial charge in [0.25, 0.3) is 5.56 Å². The highest BCUT2D eigenvalue weighted by molar-refractivity contribution is 6.28. The molecule has 2 N–H and O–H groups in total. The second-order valence-corrected chi connectivity index (χ2v) is 7.86. The Morgan fingerprint density at radius 1 is 1.28 bits per heavy atom. The molecule has 8 nitrogen and oxygen atoms in total. The number of benzene rings is 2. The zero-order chi connectivity index (χ0) is 22.8. The van der Waals surface area contributed by atoms with Gasteiger partial charge in [0, 0.05) is 24.4 Å². The number of H-pyrrole nitrogens is 1. The summed E-state index contributed by atoms with van der Waals surface area (Å²) in [7, 11) is 0. The number of fused-ring (bicyclic) bond motifs is 1. The molecule has 1 aromatic heterocycles. The molecule has 2 atom stereocenters. The van der Waals surface area contributed by atoms with Crippen molar-refractivity contribution in [3.63, 3.8) is 0 Å². The molecule has 0 amide bonds. The van der Waals surface area contributed by atoms with E-state index in [1.165, 1.54) is 6.07 Å². The molecule has 0 spiro atoms. The number of rotatable bonds is 7. The van der Waals surface area contributed by atoms with Crippen LogP contribution in [0.25, 0.3) is 10.8 Å². The number of aromatic amines is 1. The summed E-state index contributed by atoms with van der Waals surface area (Å²) in [5.74, 6) is -1.16. The van der Waals surface area contributed by atoms with E-state index >= 15 is 0 Å². The quantitative estimate of drug-likeness (QED) is 0.422. The van der Waals surface area contributed by atoms with Crippen molar-refractivity contribution in [2.24, 2.45) is 0 Å². The summed E-state index contributed by atoms with van der Waals surface area (Å²) in [4.78, 5) is 39.0.